The van der Waals surface area contributed by atoms with Crippen LogP contribution in [0.1, 0.15) is 122 Å². The third-order valence-corrected chi connectivity index (χ3v) is 17.6. The van der Waals surface area contributed by atoms with Crippen LogP contribution >= 0.6 is 12.6 Å². The molecule has 15 amide bonds. The summed E-state index contributed by atoms with van der Waals surface area (Å²) >= 11 is 3.84. The van der Waals surface area contributed by atoms with E-state index in [1.807, 2.05) is 5.32 Å². The summed E-state index contributed by atoms with van der Waals surface area (Å²) in [5.41, 5.74) is 24.1. The molecule has 116 heavy (non-hydrogen) atoms. The summed E-state index contributed by atoms with van der Waals surface area (Å²) in [7, 11) is 0. The molecule has 0 radical (unpaired) electrons. The highest BCUT2D eigenvalue weighted by molar-refractivity contribution is 7.80. The number of aliphatic carboxylic acids is 4. The van der Waals surface area contributed by atoms with Crippen molar-refractivity contribution in [3.05, 3.63) is 71.8 Å². The van der Waals surface area contributed by atoms with Gasteiger partial charge in [0.2, 0.25) is 88.6 Å². The van der Waals surface area contributed by atoms with Crippen LogP contribution < -0.4 is 97.4 Å². The van der Waals surface area contributed by atoms with E-state index in [9.17, 15) is 122 Å². The Labute approximate surface area is 672 Å². The first-order valence-corrected chi connectivity index (χ1v) is 37.8. The zero-order valence-corrected chi connectivity index (χ0v) is 65.6. The number of carbonyl (C=O) groups excluding carboxylic acids is 15. The molecule has 0 unspecified atom stereocenters. The van der Waals surface area contributed by atoms with E-state index in [0.29, 0.717) is 12.0 Å². The highest BCUT2D eigenvalue weighted by atomic mass is 32.1. The number of aliphatic hydroxyl groups is 2. The molecule has 0 aliphatic heterocycles. The number of unbranched alkanes of at least 4 members (excludes halogenated alkanes) is 2. The van der Waals surface area contributed by atoms with E-state index >= 15 is 0 Å². The van der Waals surface area contributed by atoms with Gasteiger partial charge in [0.25, 0.3) is 0 Å². The average Bonchev–Trinajstić information content (AvgIpc) is 0.813. The van der Waals surface area contributed by atoms with Gasteiger partial charge in [0.15, 0.2) is 0 Å². The van der Waals surface area contributed by atoms with Gasteiger partial charge < -0.3 is 128 Å². The van der Waals surface area contributed by atoms with Crippen LogP contribution in [0.5, 0.6) is 0 Å². The minimum atomic E-state index is -2.25. The molecule has 0 fully saturated rings. The zero-order chi connectivity index (χ0) is 87.3. The van der Waals surface area contributed by atoms with Gasteiger partial charge in [-0.25, -0.2) is 4.79 Å². The van der Waals surface area contributed by atoms with Crippen LogP contribution in [0.2, 0.25) is 0 Å². The highest BCUT2D eigenvalue weighted by Crippen LogP contribution is 2.14. The first-order chi connectivity index (χ1) is 54.8. The number of primary amides is 1. The van der Waals surface area contributed by atoms with Gasteiger partial charge in [-0.3, -0.25) is 86.3 Å². The number of carbonyl (C=O) groups is 19. The van der Waals surface area contributed by atoms with Gasteiger partial charge in [0.05, 0.1) is 45.2 Å². The van der Waals surface area contributed by atoms with E-state index in [1.165, 1.54) is 13.8 Å². The predicted octanol–water partition coefficient (Wildman–Crippen LogP) is -8.11. The van der Waals surface area contributed by atoms with Crippen molar-refractivity contribution in [2.75, 3.05) is 45.1 Å². The lowest BCUT2D eigenvalue weighted by Crippen LogP contribution is -2.62. The number of carboxylic acid groups (broad SMARTS) is 4. The number of benzene rings is 2. The molecule has 0 aromatic heterocycles. The fourth-order valence-corrected chi connectivity index (χ4v) is 11.2. The maximum absolute atomic E-state index is 14.6. The summed E-state index contributed by atoms with van der Waals surface area (Å²) in [6, 6.07) is -5.31. The summed E-state index contributed by atoms with van der Waals surface area (Å²) in [6.07, 6.45) is -4.90. The molecular weight excluding hydrogens is 1550 g/mol. The Morgan fingerprint density at radius 3 is 1.15 bits per heavy atom. The van der Waals surface area contributed by atoms with Gasteiger partial charge in [-0.15, -0.1) is 0 Å². The summed E-state index contributed by atoms with van der Waals surface area (Å²) in [5, 5.41) is 91.0. The predicted molar refractivity (Wildman–Crippen MR) is 413 cm³/mol. The number of aliphatic hydroxyl groups excluding tert-OH is 2. The van der Waals surface area contributed by atoms with Crippen LogP contribution in [-0.2, 0) is 104 Å². The first-order valence-electron chi connectivity index (χ1n) is 37.2. The summed E-state index contributed by atoms with van der Waals surface area (Å²) in [5.74, 6) is -24.7. The molecule has 2 aromatic carbocycles. The van der Waals surface area contributed by atoms with Gasteiger partial charge in [-0.2, -0.15) is 12.6 Å². The number of hydrogen-bond donors (Lipinski definition) is 25. The quantitative estimate of drug-likeness (QED) is 0.0216. The van der Waals surface area contributed by atoms with Gasteiger partial charge in [-0.05, 0) is 100 Å². The number of rotatable bonds is 57. The number of hydrogen-bond acceptors (Lipinski definition) is 25. The molecule has 13 atom stereocenters. The number of amides is 15. The molecule has 2 aromatic rings. The summed E-state index contributed by atoms with van der Waals surface area (Å²) in [6.45, 7) is 2.65. The van der Waals surface area contributed by atoms with Gasteiger partial charge in [0.1, 0.15) is 72.5 Å². The Hall–Kier alpha value is -11.5. The van der Waals surface area contributed by atoms with Crippen LogP contribution in [0.4, 0.5) is 0 Å². The van der Waals surface area contributed by atoms with Crippen LogP contribution in [-0.4, -0.2) is 267 Å². The van der Waals surface area contributed by atoms with Crippen molar-refractivity contribution >= 4 is 125 Å². The van der Waals surface area contributed by atoms with E-state index in [2.05, 4.69) is 81.7 Å². The molecule has 0 saturated carbocycles. The SMILES string of the molecule is CC(C)C[C@H](NC(=O)CNC(=O)[C@@H](N)Cc1ccccc1)C(=O)N[C@@H](CCC(N)=O)C(=O)N[C@@H](CC(=O)O)C(=O)N[C@@H](CC(=O)O)C(=O)N[C@@H](CO)C(=O)N[C@@H](CCCCN)C(=O)N[C@H](C(=O)N[C@@H](Cc1ccccc1)C(=O)N[C@@H](CCCCN)C(=O)N[C@@H](CCC(=O)O)C(=O)NCC(=O)N[C@@H](CO)C(=O)N[C@@H](CS)C(=O)O)C(C)C. The third-order valence-electron chi connectivity index (χ3n) is 17.2. The van der Waals surface area contributed by atoms with Crippen LogP contribution in [0, 0.1) is 11.8 Å². The number of carboxylic acids is 4. The van der Waals surface area contributed by atoms with Crippen molar-refractivity contribution in [2.45, 2.75) is 203 Å². The largest absolute Gasteiger partial charge is 0.481 e. The molecule has 44 heteroatoms. The molecule has 0 saturated heterocycles. The van der Waals surface area contributed by atoms with E-state index < -0.39 is 262 Å². The second-order valence-corrected chi connectivity index (χ2v) is 28.0. The maximum atomic E-state index is 14.6. The molecule has 43 nitrogen and oxygen atoms in total. The Bertz CT molecular complexity index is 3680. The minimum absolute atomic E-state index is 0.0718. The topological polar surface area (TPSA) is 718 Å². The molecule has 28 N–H and O–H groups in total. The van der Waals surface area contributed by atoms with Crippen molar-refractivity contribution in [3.63, 3.8) is 0 Å². The van der Waals surface area contributed by atoms with Crippen molar-refractivity contribution in [3.8, 4) is 0 Å². The minimum Gasteiger partial charge on any atom is -0.481 e. The molecule has 644 valence electrons. The Balaban J connectivity index is 2.44. The average molecular weight is 1660 g/mol. The third kappa shape index (κ3) is 39.0. The fraction of sp³-hybridized carbons (Fsp3) is 0.569. The monoisotopic (exact) mass is 1660 g/mol. The lowest BCUT2D eigenvalue weighted by molar-refractivity contribution is -0.144. The molecule has 2 rings (SSSR count). The smallest absolute Gasteiger partial charge is 0.327 e. The van der Waals surface area contributed by atoms with E-state index in [1.54, 1.807) is 74.5 Å². The van der Waals surface area contributed by atoms with Crippen molar-refractivity contribution < 1.29 is 122 Å². The van der Waals surface area contributed by atoms with Crippen molar-refractivity contribution in [1.82, 2.24) is 74.4 Å². The van der Waals surface area contributed by atoms with Gasteiger partial charge in [-0.1, -0.05) is 88.4 Å². The fourth-order valence-electron chi connectivity index (χ4n) is 11.0. The molecule has 0 aliphatic rings. The van der Waals surface area contributed by atoms with E-state index in [0.717, 1.165) is 5.56 Å². The maximum Gasteiger partial charge on any atom is 0.327 e. The van der Waals surface area contributed by atoms with Gasteiger partial charge >= 0.3 is 23.9 Å². The second-order valence-electron chi connectivity index (χ2n) is 27.7. The van der Waals surface area contributed by atoms with Gasteiger partial charge in [0, 0.05) is 25.0 Å². The highest BCUT2D eigenvalue weighted by Gasteiger charge is 2.39. The lowest BCUT2D eigenvalue weighted by Gasteiger charge is -2.29. The normalized spacial score (nSPS) is 14.4. The number of nitrogens with one attached hydrogen (secondary N) is 14. The Kier molecular flexibility index (Phi) is 46.5. The standard InChI is InChI=1S/C72H110N18O25S/c1-37(2)27-46(79-54(94)32-77-60(102)41(75)28-39-15-7-5-8-16-39)65(107)84-45(21-23-53(76)93)63(105)85-48(30-57(98)99)67(109)86-49(31-58(100)101)68(110)88-51(35-92)70(112)82-43(20-12-14-26-74)64(106)90-59(38(3)4)71(113)87-47(29-40-17-9-6-10-18-40)66(108)81-42(19-11-13-25-73)62(104)83-44(22-24-56(96)97)61(103)78-33-55(95)80-50(34-91)69(111)89-52(36-116)72(114)115/h5-10,15-18,37-38,41-52,59,91-92,116H,11-14,19-36,73-75H2,1-4H3,(H2,76,93)(H,77,102)(H,78,103)(H,79,94)(H,80,95)(H,81,108)(H,82,112)(H,83,104)(H,84,107)(H,85,105)(H,86,109)(H,87,113)(H,88,110)(H,89,111)(H,90,106)(H,96,97)(H,98,99)(H,100,101)(H,114,115)/t41-,42-,43-,44-,45-,46-,47-,48-,49-,50-,51-,52-,59-/m0/s1. The van der Waals surface area contributed by atoms with E-state index in [4.69, 9.17) is 22.9 Å². The zero-order valence-electron chi connectivity index (χ0n) is 64.7. The van der Waals surface area contributed by atoms with Crippen molar-refractivity contribution in [1.29, 1.82) is 0 Å². The first kappa shape index (κ1) is 101. The molecule has 0 aliphatic carbocycles. The van der Waals surface area contributed by atoms with E-state index in [-0.39, 0.29) is 76.1 Å². The number of nitrogens with two attached hydrogens (primary N) is 4. The lowest BCUT2D eigenvalue weighted by atomic mass is 9.99. The number of thiol groups is 1. The van der Waals surface area contributed by atoms with Crippen LogP contribution in [0.25, 0.3) is 0 Å². The molecule has 0 heterocycles. The Morgan fingerprint density at radius 1 is 0.379 bits per heavy atom. The summed E-state index contributed by atoms with van der Waals surface area (Å²) in [4.78, 5) is 253. The second kappa shape index (κ2) is 53.6. The Morgan fingerprint density at radius 2 is 0.733 bits per heavy atom. The molecule has 0 spiro atoms. The van der Waals surface area contributed by atoms with Crippen LogP contribution in [0.15, 0.2) is 60.7 Å². The molecular formula is C72H110N18O25S. The van der Waals surface area contributed by atoms with Crippen LogP contribution in [0.3, 0.4) is 0 Å². The molecule has 0 bridgehead atoms. The van der Waals surface area contributed by atoms with Crippen molar-refractivity contribution in [2.24, 2.45) is 34.8 Å². The summed E-state index contributed by atoms with van der Waals surface area (Å²) < 4.78 is 0.